The lowest BCUT2D eigenvalue weighted by atomic mass is 10.2. The first kappa shape index (κ1) is 18.2. The summed E-state index contributed by atoms with van der Waals surface area (Å²) >= 11 is 11.5. The molecule has 0 unspecified atom stereocenters. The molecule has 0 saturated carbocycles. The zero-order valence-corrected chi connectivity index (χ0v) is 15.3. The number of hydrogen-bond donors (Lipinski definition) is 2. The van der Waals surface area contributed by atoms with Gasteiger partial charge in [-0.2, -0.15) is 0 Å². The van der Waals surface area contributed by atoms with E-state index in [2.05, 4.69) is 10.2 Å². The van der Waals surface area contributed by atoms with Crippen molar-refractivity contribution in [3.8, 4) is 5.75 Å². The van der Waals surface area contributed by atoms with Crippen LogP contribution in [0.1, 0.15) is 0 Å². The van der Waals surface area contributed by atoms with Gasteiger partial charge in [-0.05, 0) is 42.5 Å². The Balaban J connectivity index is 1.61. The molecule has 1 heterocycles. The molecule has 3 rings (SSSR count). The maximum absolute atomic E-state index is 10.9. The summed E-state index contributed by atoms with van der Waals surface area (Å²) in [7, 11) is 0. The van der Waals surface area contributed by atoms with Gasteiger partial charge in [0.15, 0.2) is 5.11 Å². The van der Waals surface area contributed by atoms with Gasteiger partial charge < -0.3 is 20.2 Å². The van der Waals surface area contributed by atoms with Gasteiger partial charge in [0.2, 0.25) is 0 Å². The van der Waals surface area contributed by atoms with Crippen molar-refractivity contribution in [2.45, 2.75) is 0 Å². The highest BCUT2D eigenvalue weighted by Crippen LogP contribution is 2.27. The molecule has 9 heteroatoms. The molecular formula is C17H17ClN4O3S. The Morgan fingerprint density at radius 1 is 1.15 bits per heavy atom. The smallest absolute Gasteiger partial charge is 0.271 e. The predicted octanol–water partition coefficient (Wildman–Crippen LogP) is 3.47. The van der Waals surface area contributed by atoms with Crippen molar-refractivity contribution >= 4 is 46.0 Å². The Bertz CT molecular complexity index is 823. The lowest BCUT2D eigenvalue weighted by Crippen LogP contribution is -2.50. The van der Waals surface area contributed by atoms with E-state index in [9.17, 15) is 15.2 Å². The summed E-state index contributed by atoms with van der Waals surface area (Å²) < 4.78 is 0. The van der Waals surface area contributed by atoms with Gasteiger partial charge in [-0.25, -0.2) is 0 Å². The quantitative estimate of drug-likeness (QED) is 0.470. The molecule has 1 saturated heterocycles. The van der Waals surface area contributed by atoms with Crippen LogP contribution in [0.2, 0.25) is 5.02 Å². The zero-order chi connectivity index (χ0) is 18.7. The van der Waals surface area contributed by atoms with Crippen LogP contribution in [0.25, 0.3) is 0 Å². The minimum Gasteiger partial charge on any atom is -0.508 e. The zero-order valence-electron chi connectivity index (χ0n) is 13.8. The number of non-ortho nitro benzene ring substituents is 1. The lowest BCUT2D eigenvalue weighted by molar-refractivity contribution is -0.384. The highest BCUT2D eigenvalue weighted by atomic mass is 35.5. The molecule has 26 heavy (non-hydrogen) atoms. The largest absolute Gasteiger partial charge is 0.508 e. The first-order valence-corrected chi connectivity index (χ1v) is 8.76. The number of thiocarbonyl (C=S) groups is 1. The number of phenols is 1. The number of benzene rings is 2. The molecule has 7 nitrogen and oxygen atoms in total. The highest BCUT2D eigenvalue weighted by molar-refractivity contribution is 7.80. The number of nitro benzene ring substituents is 1. The van der Waals surface area contributed by atoms with Crippen LogP contribution in [0.4, 0.5) is 17.1 Å². The third kappa shape index (κ3) is 4.14. The van der Waals surface area contributed by atoms with E-state index >= 15 is 0 Å². The molecule has 0 atom stereocenters. The van der Waals surface area contributed by atoms with Crippen molar-refractivity contribution in [2.75, 3.05) is 36.4 Å². The topological polar surface area (TPSA) is 81.9 Å². The van der Waals surface area contributed by atoms with Gasteiger partial charge in [0.1, 0.15) is 5.75 Å². The molecule has 136 valence electrons. The van der Waals surface area contributed by atoms with Gasteiger partial charge in [0.05, 0.1) is 15.6 Å². The first-order valence-electron chi connectivity index (χ1n) is 7.98. The summed E-state index contributed by atoms with van der Waals surface area (Å²) in [5.74, 6) is 0.242. The first-order chi connectivity index (χ1) is 12.4. The van der Waals surface area contributed by atoms with E-state index in [4.69, 9.17) is 23.8 Å². The van der Waals surface area contributed by atoms with E-state index in [1.54, 1.807) is 12.1 Å². The molecule has 1 fully saturated rings. The fourth-order valence-electron chi connectivity index (χ4n) is 2.75. The summed E-state index contributed by atoms with van der Waals surface area (Å²) in [4.78, 5) is 14.7. The van der Waals surface area contributed by atoms with Gasteiger partial charge in [0, 0.05) is 44.0 Å². The molecule has 0 amide bonds. The molecule has 0 aliphatic carbocycles. The minimum absolute atomic E-state index is 0.0446. The number of nitrogens with zero attached hydrogens (tertiary/aromatic N) is 3. The van der Waals surface area contributed by atoms with Crippen LogP contribution >= 0.6 is 23.8 Å². The van der Waals surface area contributed by atoms with Gasteiger partial charge in [-0.1, -0.05) is 11.6 Å². The number of anilines is 2. The summed E-state index contributed by atoms with van der Waals surface area (Å²) in [6, 6.07) is 11.3. The van der Waals surface area contributed by atoms with Crippen LogP contribution in [-0.2, 0) is 0 Å². The van der Waals surface area contributed by atoms with Crippen molar-refractivity contribution < 1.29 is 10.0 Å². The van der Waals surface area contributed by atoms with Crippen molar-refractivity contribution in [3.63, 3.8) is 0 Å². The Labute approximate surface area is 160 Å². The average Bonchev–Trinajstić information content (AvgIpc) is 2.64. The van der Waals surface area contributed by atoms with Crippen LogP contribution in [-0.4, -0.2) is 46.2 Å². The number of phenolic OH excluding ortho intramolecular Hbond substituents is 1. The Hall–Kier alpha value is -2.58. The van der Waals surface area contributed by atoms with E-state index in [0.29, 0.717) is 28.9 Å². The fraction of sp³-hybridized carbons (Fsp3) is 0.235. The summed E-state index contributed by atoms with van der Waals surface area (Å²) in [6.45, 7) is 2.96. The van der Waals surface area contributed by atoms with Crippen LogP contribution in [0, 0.1) is 10.1 Å². The number of nitrogens with one attached hydrogen (secondary N) is 1. The maximum atomic E-state index is 10.9. The maximum Gasteiger partial charge on any atom is 0.271 e. The minimum atomic E-state index is -0.471. The molecule has 0 aromatic heterocycles. The second-order valence-electron chi connectivity index (χ2n) is 5.84. The highest BCUT2D eigenvalue weighted by Gasteiger charge is 2.20. The van der Waals surface area contributed by atoms with Crippen LogP contribution in [0.15, 0.2) is 42.5 Å². The van der Waals surface area contributed by atoms with Crippen LogP contribution in [0.3, 0.4) is 0 Å². The standard InChI is InChI=1S/C17H17ClN4O3S/c18-15-6-3-13(22(24)25)11-16(15)19-17(26)21-9-7-20(8-10-21)12-1-4-14(23)5-2-12/h1-6,11,23H,7-10H2,(H,19,26). The Morgan fingerprint density at radius 3 is 2.42 bits per heavy atom. The van der Waals surface area contributed by atoms with Crippen molar-refractivity contribution in [3.05, 3.63) is 57.6 Å². The Morgan fingerprint density at radius 2 is 1.81 bits per heavy atom. The molecule has 0 radical (unpaired) electrons. The van der Waals surface area contributed by atoms with E-state index in [-0.39, 0.29) is 11.4 Å². The molecular weight excluding hydrogens is 376 g/mol. The van der Waals surface area contributed by atoms with Crippen LogP contribution < -0.4 is 10.2 Å². The van der Waals surface area contributed by atoms with Gasteiger partial charge >= 0.3 is 0 Å². The van der Waals surface area contributed by atoms with E-state index in [1.807, 2.05) is 17.0 Å². The van der Waals surface area contributed by atoms with Crippen LogP contribution in [0.5, 0.6) is 5.75 Å². The number of hydrogen-bond acceptors (Lipinski definition) is 5. The van der Waals surface area contributed by atoms with Crippen molar-refractivity contribution in [1.29, 1.82) is 0 Å². The molecule has 2 aromatic carbocycles. The Kier molecular flexibility index (Phi) is 5.43. The second kappa shape index (κ2) is 7.76. The molecule has 1 aliphatic heterocycles. The number of rotatable bonds is 3. The van der Waals surface area contributed by atoms with Crippen molar-refractivity contribution in [2.24, 2.45) is 0 Å². The van der Waals surface area contributed by atoms with E-state index in [1.165, 1.54) is 18.2 Å². The predicted molar refractivity (Wildman–Crippen MR) is 106 cm³/mol. The summed E-state index contributed by atoms with van der Waals surface area (Å²) in [6.07, 6.45) is 0. The normalized spacial score (nSPS) is 14.2. The van der Waals surface area contributed by atoms with E-state index < -0.39 is 4.92 Å². The molecule has 0 bridgehead atoms. The SMILES string of the molecule is O=[N+]([O-])c1ccc(Cl)c(NC(=S)N2CCN(c3ccc(O)cc3)CC2)c1. The lowest BCUT2D eigenvalue weighted by Gasteiger charge is -2.37. The molecule has 0 spiro atoms. The monoisotopic (exact) mass is 392 g/mol. The number of aromatic hydroxyl groups is 1. The number of piperazine rings is 1. The molecule has 2 N–H and O–H groups in total. The third-order valence-electron chi connectivity index (χ3n) is 4.18. The van der Waals surface area contributed by atoms with Gasteiger partial charge in [0.25, 0.3) is 5.69 Å². The molecule has 2 aromatic rings. The average molecular weight is 393 g/mol. The van der Waals surface area contributed by atoms with E-state index in [0.717, 1.165) is 18.8 Å². The fourth-order valence-corrected chi connectivity index (χ4v) is 3.21. The second-order valence-corrected chi connectivity index (χ2v) is 6.64. The number of halogens is 1. The van der Waals surface area contributed by atoms with Gasteiger partial charge in [-0.3, -0.25) is 10.1 Å². The number of nitro groups is 1. The van der Waals surface area contributed by atoms with Gasteiger partial charge in [-0.15, -0.1) is 0 Å². The molecule has 1 aliphatic rings. The summed E-state index contributed by atoms with van der Waals surface area (Å²) in [5.41, 5.74) is 1.42. The summed E-state index contributed by atoms with van der Waals surface area (Å²) in [5, 5.41) is 24.2. The third-order valence-corrected chi connectivity index (χ3v) is 4.87. The van der Waals surface area contributed by atoms with Crippen molar-refractivity contribution in [1.82, 2.24) is 4.90 Å².